The first kappa shape index (κ1) is 16.7. The van der Waals surface area contributed by atoms with Gasteiger partial charge in [0.2, 0.25) is 0 Å². The summed E-state index contributed by atoms with van der Waals surface area (Å²) >= 11 is 0. The maximum Gasteiger partial charge on any atom is 0.326 e. The molecule has 2 amide bonds. The van der Waals surface area contributed by atoms with Crippen LogP contribution >= 0.6 is 0 Å². The smallest absolute Gasteiger partial charge is 0.326 e. The van der Waals surface area contributed by atoms with Crippen LogP contribution in [0.5, 0.6) is 0 Å². The molecule has 0 spiro atoms. The Morgan fingerprint density at radius 3 is 2.11 bits per heavy atom. The number of carbonyl (C=O) groups is 2. The number of carboxylic acids is 1. The zero-order valence-corrected chi connectivity index (χ0v) is 11.9. The molecule has 0 heterocycles. The van der Waals surface area contributed by atoms with Crippen molar-refractivity contribution in [3.8, 4) is 0 Å². The third kappa shape index (κ3) is 6.44. The first-order valence-electron chi connectivity index (χ1n) is 6.14. The molecule has 0 rings (SSSR count). The number of nitrogens with zero attached hydrogens (tertiary/aromatic N) is 2. The highest BCUT2D eigenvalue weighted by Gasteiger charge is 2.24. The highest BCUT2D eigenvalue weighted by Crippen LogP contribution is 2.02. The highest BCUT2D eigenvalue weighted by molar-refractivity contribution is 5.82. The van der Waals surface area contributed by atoms with Gasteiger partial charge in [-0.15, -0.1) is 0 Å². The van der Waals surface area contributed by atoms with Crippen LogP contribution in [-0.4, -0.2) is 67.2 Å². The summed E-state index contributed by atoms with van der Waals surface area (Å²) in [6.07, 6.45) is 0.857. The Kier molecular flexibility index (Phi) is 7.35. The van der Waals surface area contributed by atoms with Crippen molar-refractivity contribution in [1.29, 1.82) is 0 Å². The van der Waals surface area contributed by atoms with Gasteiger partial charge in [0.25, 0.3) is 0 Å². The van der Waals surface area contributed by atoms with E-state index in [0.29, 0.717) is 6.54 Å². The van der Waals surface area contributed by atoms with E-state index in [1.54, 1.807) is 20.9 Å². The fraction of sp³-hybridized carbons (Fsp3) is 0.833. The summed E-state index contributed by atoms with van der Waals surface area (Å²) in [7, 11) is 5.61. The van der Waals surface area contributed by atoms with E-state index in [-0.39, 0.29) is 11.9 Å². The van der Waals surface area contributed by atoms with Crippen LogP contribution in [0, 0.1) is 5.92 Å². The number of hydrogen-bond donors (Lipinski definition) is 2. The van der Waals surface area contributed by atoms with Crippen LogP contribution in [0.1, 0.15) is 20.3 Å². The van der Waals surface area contributed by atoms with Crippen molar-refractivity contribution < 1.29 is 14.7 Å². The lowest BCUT2D eigenvalue weighted by atomic mass is 10.1. The molecule has 2 N–H and O–H groups in total. The third-order valence-electron chi connectivity index (χ3n) is 2.66. The van der Waals surface area contributed by atoms with Gasteiger partial charge in [-0.05, 0) is 33.0 Å². The Balaban J connectivity index is 4.17. The first-order chi connectivity index (χ1) is 8.25. The molecule has 6 heteroatoms. The number of amides is 2. The molecule has 0 unspecified atom stereocenters. The van der Waals surface area contributed by atoms with Gasteiger partial charge in [0.1, 0.15) is 6.04 Å². The number of carbonyl (C=O) groups excluding carboxylic acids is 1. The van der Waals surface area contributed by atoms with Crippen LogP contribution in [0.4, 0.5) is 4.79 Å². The van der Waals surface area contributed by atoms with Crippen LogP contribution in [0.15, 0.2) is 0 Å². The van der Waals surface area contributed by atoms with E-state index in [1.165, 1.54) is 4.90 Å². The highest BCUT2D eigenvalue weighted by atomic mass is 16.4. The minimum atomic E-state index is -1.000. The Morgan fingerprint density at radius 1 is 1.17 bits per heavy atom. The van der Waals surface area contributed by atoms with E-state index in [2.05, 4.69) is 5.32 Å². The molecular formula is C12H25N3O3. The average molecular weight is 259 g/mol. The Morgan fingerprint density at radius 2 is 1.72 bits per heavy atom. The summed E-state index contributed by atoms with van der Waals surface area (Å²) in [5.74, 6) is -1.14. The van der Waals surface area contributed by atoms with Gasteiger partial charge in [0.05, 0.1) is 0 Å². The minimum Gasteiger partial charge on any atom is -0.480 e. The van der Waals surface area contributed by atoms with E-state index in [0.717, 1.165) is 13.0 Å². The molecule has 0 fully saturated rings. The first-order valence-corrected chi connectivity index (χ1v) is 6.14. The fourth-order valence-electron chi connectivity index (χ4n) is 1.48. The van der Waals surface area contributed by atoms with Gasteiger partial charge in [0.15, 0.2) is 0 Å². The van der Waals surface area contributed by atoms with Crippen LogP contribution in [0.25, 0.3) is 0 Å². The lowest BCUT2D eigenvalue weighted by Gasteiger charge is -2.23. The van der Waals surface area contributed by atoms with Crippen molar-refractivity contribution in [3.63, 3.8) is 0 Å². The molecule has 0 saturated carbocycles. The number of hydrogen-bond acceptors (Lipinski definition) is 3. The topological polar surface area (TPSA) is 72.9 Å². The second-order valence-corrected chi connectivity index (χ2v) is 5.09. The van der Waals surface area contributed by atoms with Crippen molar-refractivity contribution in [3.05, 3.63) is 0 Å². The summed E-state index contributed by atoms with van der Waals surface area (Å²) in [5, 5.41) is 11.5. The standard InChI is InChI=1S/C12H25N3O3/c1-9(2)10(11(16)17)13-12(18)15(5)8-6-7-14(3)4/h9-10H,6-8H2,1-5H3,(H,13,18)(H,16,17)/t10-/m1/s1. The molecule has 106 valence electrons. The molecule has 0 aromatic heterocycles. The van der Waals surface area contributed by atoms with E-state index < -0.39 is 12.0 Å². The summed E-state index contributed by atoms with van der Waals surface area (Å²) in [5.41, 5.74) is 0. The maximum absolute atomic E-state index is 11.8. The van der Waals surface area contributed by atoms with E-state index in [9.17, 15) is 9.59 Å². The van der Waals surface area contributed by atoms with Gasteiger partial charge in [-0.25, -0.2) is 9.59 Å². The summed E-state index contributed by atoms with van der Waals surface area (Å²) < 4.78 is 0. The largest absolute Gasteiger partial charge is 0.480 e. The molecule has 18 heavy (non-hydrogen) atoms. The zero-order valence-electron chi connectivity index (χ0n) is 11.9. The Bertz CT molecular complexity index is 280. The fourth-order valence-corrected chi connectivity index (χ4v) is 1.48. The predicted octanol–water partition coefficient (Wildman–Crippen LogP) is 0.689. The Labute approximate surface area is 109 Å². The molecule has 0 aliphatic carbocycles. The minimum absolute atomic E-state index is 0.137. The number of carboxylic acid groups (broad SMARTS) is 1. The van der Waals surface area contributed by atoms with Gasteiger partial charge < -0.3 is 20.2 Å². The zero-order chi connectivity index (χ0) is 14.3. The summed E-state index contributed by atoms with van der Waals surface area (Å²) in [4.78, 5) is 26.3. The molecule has 0 aliphatic rings. The van der Waals surface area contributed by atoms with Gasteiger partial charge >= 0.3 is 12.0 Å². The van der Waals surface area contributed by atoms with Crippen molar-refractivity contribution in [1.82, 2.24) is 15.1 Å². The van der Waals surface area contributed by atoms with Crippen LogP contribution in [-0.2, 0) is 4.79 Å². The predicted molar refractivity (Wildman–Crippen MR) is 70.6 cm³/mol. The molecule has 0 aliphatic heterocycles. The maximum atomic E-state index is 11.8. The molecular weight excluding hydrogens is 234 g/mol. The van der Waals surface area contributed by atoms with Gasteiger partial charge in [-0.1, -0.05) is 13.8 Å². The van der Waals surface area contributed by atoms with Crippen molar-refractivity contribution in [2.24, 2.45) is 5.92 Å². The molecule has 1 atom stereocenters. The van der Waals surface area contributed by atoms with Crippen molar-refractivity contribution in [2.45, 2.75) is 26.3 Å². The number of nitrogens with one attached hydrogen (secondary N) is 1. The van der Waals surface area contributed by atoms with Crippen LogP contribution < -0.4 is 5.32 Å². The summed E-state index contributed by atoms with van der Waals surface area (Å²) in [6.45, 7) is 5.04. The molecule has 6 nitrogen and oxygen atoms in total. The lowest BCUT2D eigenvalue weighted by Crippen LogP contribution is -2.49. The normalized spacial score (nSPS) is 12.6. The average Bonchev–Trinajstić information content (AvgIpc) is 2.23. The quantitative estimate of drug-likeness (QED) is 0.705. The van der Waals surface area contributed by atoms with Gasteiger partial charge in [-0.3, -0.25) is 0 Å². The lowest BCUT2D eigenvalue weighted by molar-refractivity contribution is -0.140. The second kappa shape index (κ2) is 7.92. The monoisotopic (exact) mass is 259 g/mol. The molecule has 0 bridgehead atoms. The second-order valence-electron chi connectivity index (χ2n) is 5.09. The Hall–Kier alpha value is -1.30. The van der Waals surface area contributed by atoms with Gasteiger partial charge in [0, 0.05) is 13.6 Å². The molecule has 0 radical (unpaired) electrons. The van der Waals surface area contributed by atoms with E-state index in [4.69, 9.17) is 5.11 Å². The molecule has 0 saturated heterocycles. The molecule has 0 aromatic rings. The van der Waals surface area contributed by atoms with Crippen LogP contribution in [0.3, 0.4) is 0 Å². The third-order valence-corrected chi connectivity index (χ3v) is 2.66. The SMILES string of the molecule is CC(C)[C@@H](NC(=O)N(C)CCCN(C)C)C(=O)O. The van der Waals surface area contributed by atoms with Crippen LogP contribution in [0.2, 0.25) is 0 Å². The van der Waals surface area contributed by atoms with E-state index in [1.807, 2.05) is 19.0 Å². The summed E-state index contributed by atoms with van der Waals surface area (Å²) in [6, 6.07) is -1.18. The number of aliphatic carboxylic acids is 1. The molecule has 0 aromatic carbocycles. The number of urea groups is 1. The van der Waals surface area contributed by atoms with E-state index >= 15 is 0 Å². The number of rotatable bonds is 7. The van der Waals surface area contributed by atoms with Gasteiger partial charge in [-0.2, -0.15) is 0 Å². The van der Waals surface area contributed by atoms with Crippen molar-refractivity contribution >= 4 is 12.0 Å². The van der Waals surface area contributed by atoms with Crippen molar-refractivity contribution in [2.75, 3.05) is 34.2 Å².